The molecule has 0 atom stereocenters. The first-order chi connectivity index (χ1) is 13.5. The summed E-state index contributed by atoms with van der Waals surface area (Å²) in [5.74, 6) is 0.642. The fraction of sp³-hybridized carbons (Fsp3) is 0.333. The number of halogens is 2. The first kappa shape index (κ1) is 18.8. The van der Waals surface area contributed by atoms with Crippen molar-refractivity contribution in [1.82, 2.24) is 10.3 Å². The van der Waals surface area contributed by atoms with Gasteiger partial charge in [0.15, 0.2) is 5.52 Å². The molecule has 0 bridgehead atoms. The van der Waals surface area contributed by atoms with E-state index >= 15 is 0 Å². The number of nitrogens with one attached hydrogen (secondary N) is 1. The Hall–Kier alpha value is -2.58. The van der Waals surface area contributed by atoms with Gasteiger partial charge in [0.1, 0.15) is 5.69 Å². The van der Waals surface area contributed by atoms with Crippen molar-refractivity contribution in [2.24, 2.45) is 5.92 Å². The normalized spacial score (nSPS) is 15.2. The van der Waals surface area contributed by atoms with E-state index in [0.29, 0.717) is 22.1 Å². The molecule has 1 aromatic heterocycles. The van der Waals surface area contributed by atoms with Crippen LogP contribution >= 0.6 is 23.2 Å². The number of nitro groups is 1. The molecule has 0 amide bonds. The van der Waals surface area contributed by atoms with Gasteiger partial charge in [-0.25, -0.2) is 4.63 Å². The van der Waals surface area contributed by atoms with E-state index in [0.717, 1.165) is 31.6 Å². The van der Waals surface area contributed by atoms with E-state index in [1.807, 2.05) is 0 Å². The molecule has 1 aliphatic heterocycles. The van der Waals surface area contributed by atoms with Crippen LogP contribution in [0.4, 0.5) is 22.7 Å². The zero-order valence-electron chi connectivity index (χ0n) is 15.0. The Morgan fingerprint density at radius 2 is 1.93 bits per heavy atom. The van der Waals surface area contributed by atoms with Crippen molar-refractivity contribution in [3.8, 4) is 0 Å². The van der Waals surface area contributed by atoms with Gasteiger partial charge in [0.05, 0.1) is 26.3 Å². The monoisotopic (exact) mass is 421 g/mol. The van der Waals surface area contributed by atoms with E-state index in [9.17, 15) is 10.1 Å². The van der Waals surface area contributed by atoms with Crippen LogP contribution in [0.1, 0.15) is 19.8 Å². The van der Waals surface area contributed by atoms with Gasteiger partial charge in [0, 0.05) is 13.1 Å². The third-order valence-electron chi connectivity index (χ3n) is 5.02. The fourth-order valence-corrected chi connectivity index (χ4v) is 3.78. The zero-order chi connectivity index (χ0) is 19.8. The Balaban J connectivity index is 1.85. The molecule has 146 valence electrons. The molecule has 1 saturated heterocycles. The first-order valence-corrected chi connectivity index (χ1v) is 9.61. The topological polar surface area (TPSA) is 97.3 Å². The van der Waals surface area contributed by atoms with Crippen molar-refractivity contribution in [1.29, 1.82) is 0 Å². The molecule has 8 nitrogen and oxygen atoms in total. The van der Waals surface area contributed by atoms with Crippen LogP contribution in [0.3, 0.4) is 0 Å². The van der Waals surface area contributed by atoms with E-state index in [-0.39, 0.29) is 21.9 Å². The maximum Gasteiger partial charge on any atom is 0.324 e. The summed E-state index contributed by atoms with van der Waals surface area (Å²) in [6.45, 7) is 3.88. The minimum absolute atomic E-state index is 0.0989. The summed E-state index contributed by atoms with van der Waals surface area (Å²) in [5, 5.41) is 23.2. The second kappa shape index (κ2) is 7.44. The summed E-state index contributed by atoms with van der Waals surface area (Å²) in [7, 11) is 0. The molecule has 0 unspecified atom stereocenters. The molecule has 10 heteroatoms. The Morgan fingerprint density at radius 1 is 1.21 bits per heavy atom. The molecule has 0 radical (unpaired) electrons. The molecule has 1 N–H and O–H groups in total. The second-order valence-corrected chi connectivity index (χ2v) is 7.69. The lowest BCUT2D eigenvalue weighted by Crippen LogP contribution is -2.33. The van der Waals surface area contributed by atoms with Crippen molar-refractivity contribution >= 4 is 57.0 Å². The van der Waals surface area contributed by atoms with Crippen molar-refractivity contribution in [2.45, 2.75) is 19.8 Å². The summed E-state index contributed by atoms with van der Waals surface area (Å²) in [6.07, 6.45) is 2.07. The highest BCUT2D eigenvalue weighted by molar-refractivity contribution is 6.43. The predicted octanol–water partition coefficient (Wildman–Crippen LogP) is 5.42. The Morgan fingerprint density at radius 3 is 2.64 bits per heavy atom. The van der Waals surface area contributed by atoms with Crippen molar-refractivity contribution in [3.05, 3.63) is 44.4 Å². The number of hydrogen-bond donors (Lipinski definition) is 1. The minimum atomic E-state index is -0.505. The molecular formula is C18H17Cl2N5O3. The summed E-state index contributed by atoms with van der Waals surface area (Å²) >= 11 is 12.3. The second-order valence-electron chi connectivity index (χ2n) is 6.91. The number of hydrogen-bond acceptors (Lipinski definition) is 7. The molecule has 1 fully saturated rings. The predicted molar refractivity (Wildman–Crippen MR) is 109 cm³/mol. The number of nitro benzene ring substituents is 1. The molecule has 0 spiro atoms. The van der Waals surface area contributed by atoms with Gasteiger partial charge in [-0.15, -0.1) is 0 Å². The molecular weight excluding hydrogens is 405 g/mol. The summed E-state index contributed by atoms with van der Waals surface area (Å²) in [6, 6.07) is 6.77. The maximum atomic E-state index is 11.8. The maximum absolute atomic E-state index is 11.8. The SMILES string of the molecule is CC1CCN(c2cc(Nc3cccc(Cl)c3Cl)c([N+](=O)[O-])c3nonc23)CC1. The number of fused-ring (bicyclic) bond motifs is 1. The largest absolute Gasteiger partial charge is 0.370 e. The zero-order valence-corrected chi connectivity index (χ0v) is 16.5. The summed E-state index contributed by atoms with van der Waals surface area (Å²) in [4.78, 5) is 13.4. The van der Waals surface area contributed by atoms with Crippen molar-refractivity contribution < 1.29 is 9.55 Å². The van der Waals surface area contributed by atoms with Crippen molar-refractivity contribution in [3.63, 3.8) is 0 Å². The van der Waals surface area contributed by atoms with E-state index in [4.69, 9.17) is 27.8 Å². The van der Waals surface area contributed by atoms with Gasteiger partial charge < -0.3 is 10.2 Å². The van der Waals surface area contributed by atoms with Crippen LogP contribution in [0.15, 0.2) is 28.9 Å². The van der Waals surface area contributed by atoms with E-state index < -0.39 is 4.92 Å². The van der Waals surface area contributed by atoms with Crippen LogP contribution in [-0.2, 0) is 0 Å². The lowest BCUT2D eigenvalue weighted by Gasteiger charge is -2.32. The van der Waals surface area contributed by atoms with Gasteiger partial charge in [0.25, 0.3) is 0 Å². The van der Waals surface area contributed by atoms with Gasteiger partial charge in [-0.2, -0.15) is 0 Å². The van der Waals surface area contributed by atoms with Gasteiger partial charge in [-0.3, -0.25) is 10.1 Å². The average Bonchev–Trinajstić information content (AvgIpc) is 3.14. The highest BCUT2D eigenvalue weighted by Gasteiger charge is 2.29. The van der Waals surface area contributed by atoms with E-state index in [2.05, 4.69) is 27.5 Å². The Bertz CT molecular complexity index is 1050. The highest BCUT2D eigenvalue weighted by Crippen LogP contribution is 2.42. The fourth-order valence-electron chi connectivity index (χ4n) is 3.43. The number of anilines is 3. The number of benzene rings is 2. The minimum Gasteiger partial charge on any atom is -0.370 e. The lowest BCUT2D eigenvalue weighted by atomic mass is 9.98. The number of rotatable bonds is 4. The smallest absolute Gasteiger partial charge is 0.324 e. The number of piperidine rings is 1. The summed E-state index contributed by atoms with van der Waals surface area (Å²) in [5.41, 5.74) is 1.72. The highest BCUT2D eigenvalue weighted by atomic mass is 35.5. The first-order valence-electron chi connectivity index (χ1n) is 8.85. The van der Waals surface area contributed by atoms with Gasteiger partial charge in [-0.05, 0) is 47.3 Å². The van der Waals surface area contributed by atoms with Crippen LogP contribution in [0.5, 0.6) is 0 Å². The molecule has 0 aliphatic carbocycles. The molecule has 3 aromatic rings. The van der Waals surface area contributed by atoms with Crippen LogP contribution in [0.2, 0.25) is 10.0 Å². The van der Waals surface area contributed by atoms with Crippen molar-refractivity contribution in [2.75, 3.05) is 23.3 Å². The Kier molecular flexibility index (Phi) is 4.99. The molecule has 4 rings (SSSR count). The lowest BCUT2D eigenvalue weighted by molar-refractivity contribution is -0.382. The van der Waals surface area contributed by atoms with Gasteiger partial charge >= 0.3 is 5.69 Å². The van der Waals surface area contributed by atoms with Crippen LogP contribution in [0, 0.1) is 16.0 Å². The van der Waals surface area contributed by atoms with E-state index in [1.54, 1.807) is 24.3 Å². The standard InChI is InChI=1S/C18H17Cl2N5O3/c1-10-5-7-24(8-6-10)14-9-13(21-12-4-2-3-11(19)15(12)20)18(25(26)27)17-16(14)22-28-23-17/h2-4,9-10,21H,5-8H2,1H3. The molecule has 0 saturated carbocycles. The molecule has 28 heavy (non-hydrogen) atoms. The third-order valence-corrected chi connectivity index (χ3v) is 5.84. The summed E-state index contributed by atoms with van der Waals surface area (Å²) < 4.78 is 4.85. The quantitative estimate of drug-likeness (QED) is 0.443. The Labute approximate surface area is 170 Å². The van der Waals surface area contributed by atoms with Gasteiger partial charge in [0.2, 0.25) is 5.52 Å². The van der Waals surface area contributed by atoms with E-state index in [1.165, 1.54) is 0 Å². The van der Waals surface area contributed by atoms with Gasteiger partial charge in [-0.1, -0.05) is 36.2 Å². The molecule has 1 aliphatic rings. The number of nitrogens with zero attached hydrogens (tertiary/aromatic N) is 4. The van der Waals surface area contributed by atoms with Crippen LogP contribution in [0.25, 0.3) is 11.0 Å². The molecule has 2 aromatic carbocycles. The van der Waals surface area contributed by atoms with Crippen LogP contribution < -0.4 is 10.2 Å². The third kappa shape index (κ3) is 3.33. The van der Waals surface area contributed by atoms with Crippen LogP contribution in [-0.4, -0.2) is 28.3 Å². The average molecular weight is 422 g/mol. The molecule has 2 heterocycles. The number of aromatic nitrogens is 2.